The minimum absolute atomic E-state index is 0.222. The normalized spacial score (nSPS) is 14.5. The predicted molar refractivity (Wildman–Crippen MR) is 157 cm³/mol. The van der Waals surface area contributed by atoms with Crippen molar-refractivity contribution < 1.29 is 17.8 Å². The Balaban J connectivity index is 1.18. The molecule has 12 heteroatoms. The van der Waals surface area contributed by atoms with E-state index in [2.05, 4.69) is 30.5 Å². The summed E-state index contributed by atoms with van der Waals surface area (Å²) in [6, 6.07) is 18.7. The van der Waals surface area contributed by atoms with Crippen LogP contribution < -0.4 is 10.6 Å². The number of amides is 1. The number of hydrogen-bond acceptors (Lipinski definition) is 9. The van der Waals surface area contributed by atoms with Crippen molar-refractivity contribution in [3.63, 3.8) is 0 Å². The molecule has 3 heterocycles. The number of anilines is 3. The minimum atomic E-state index is -4.01. The first-order valence-corrected chi connectivity index (χ1v) is 14.7. The van der Waals surface area contributed by atoms with Gasteiger partial charge in [0.2, 0.25) is 5.95 Å². The molecule has 41 heavy (non-hydrogen) atoms. The lowest BCUT2D eigenvalue weighted by atomic mass is 10.1. The van der Waals surface area contributed by atoms with Crippen molar-refractivity contribution in [3.05, 3.63) is 95.9 Å². The summed E-state index contributed by atoms with van der Waals surface area (Å²) in [5, 5.41) is 6.21. The third-order valence-corrected chi connectivity index (χ3v) is 7.48. The summed E-state index contributed by atoms with van der Waals surface area (Å²) in [7, 11) is -4.01. The molecule has 0 unspecified atom stereocenters. The van der Waals surface area contributed by atoms with Gasteiger partial charge < -0.3 is 10.6 Å². The second-order valence-corrected chi connectivity index (χ2v) is 11.3. The average Bonchev–Trinajstić information content (AvgIpc) is 2.96. The quantitative estimate of drug-likeness (QED) is 0.253. The maximum atomic E-state index is 13.0. The molecule has 2 aromatic heterocycles. The van der Waals surface area contributed by atoms with Crippen molar-refractivity contribution in [2.45, 2.75) is 13.5 Å². The van der Waals surface area contributed by atoms with Gasteiger partial charge in [0.25, 0.3) is 16.0 Å². The molecule has 1 aliphatic heterocycles. The number of rotatable bonds is 9. The number of hydrogen-bond donors (Lipinski definition) is 3. The van der Waals surface area contributed by atoms with Crippen molar-refractivity contribution in [1.82, 2.24) is 24.8 Å². The smallest absolute Gasteiger partial charge is 0.278 e. The topological polar surface area (TPSA) is 141 Å². The van der Waals surface area contributed by atoms with Crippen LogP contribution in [0.3, 0.4) is 0 Å². The number of pyridine rings is 1. The Morgan fingerprint density at radius 1 is 0.976 bits per heavy atom. The first-order chi connectivity index (χ1) is 19.7. The van der Waals surface area contributed by atoms with Gasteiger partial charge in [0.05, 0.1) is 5.69 Å². The van der Waals surface area contributed by atoms with E-state index in [1.807, 2.05) is 55.5 Å². The molecule has 0 atom stereocenters. The van der Waals surface area contributed by atoms with Crippen LogP contribution in [-0.2, 0) is 16.7 Å². The molecule has 0 saturated carbocycles. The molecule has 11 nitrogen and oxygen atoms in total. The average molecular weight is 574 g/mol. The molecule has 2 aromatic carbocycles. The number of aromatic nitrogens is 3. The van der Waals surface area contributed by atoms with Crippen LogP contribution in [0, 0.1) is 6.92 Å². The SMILES string of the molecule is Cc1ccc(NC(=O)c2ccc(CN3CCN(CS(=O)(=O)O)CC3)cc2)cc1Nc1nccc(-c2cccnc2)n1. The van der Waals surface area contributed by atoms with Crippen molar-refractivity contribution >= 4 is 33.3 Å². The predicted octanol–water partition coefficient (Wildman–Crippen LogP) is 3.81. The Labute approximate surface area is 239 Å². The van der Waals surface area contributed by atoms with Crippen molar-refractivity contribution in [2.24, 2.45) is 0 Å². The van der Waals surface area contributed by atoms with Crippen LogP contribution in [-0.4, -0.2) is 75.7 Å². The highest BCUT2D eigenvalue weighted by molar-refractivity contribution is 7.85. The van der Waals surface area contributed by atoms with Gasteiger partial charge in [-0.1, -0.05) is 18.2 Å². The third-order valence-electron chi connectivity index (χ3n) is 6.79. The standard InChI is InChI=1S/C29H31N7O4S/c1-21-4-9-25(17-27(21)34-29-31-12-10-26(33-29)24-3-2-11-30-18-24)32-28(37)23-7-5-22(6-8-23)19-35-13-15-36(16-14-35)20-41(38,39)40/h2-12,17-18H,13-16,19-20H2,1H3,(H,32,37)(H,31,33,34)(H,38,39,40). The van der Waals surface area contributed by atoms with Crippen molar-refractivity contribution in [3.8, 4) is 11.3 Å². The maximum Gasteiger partial charge on any atom is 0.278 e. The summed E-state index contributed by atoms with van der Waals surface area (Å²) < 4.78 is 31.2. The highest BCUT2D eigenvalue weighted by Crippen LogP contribution is 2.25. The summed E-state index contributed by atoms with van der Waals surface area (Å²) in [6.07, 6.45) is 5.15. The first kappa shape index (κ1) is 28.3. The number of nitrogens with one attached hydrogen (secondary N) is 2. The highest BCUT2D eigenvalue weighted by atomic mass is 32.2. The van der Waals surface area contributed by atoms with E-state index >= 15 is 0 Å². The van der Waals surface area contributed by atoms with E-state index in [0.717, 1.165) is 28.1 Å². The van der Waals surface area contributed by atoms with Crippen LogP contribution in [0.1, 0.15) is 21.5 Å². The van der Waals surface area contributed by atoms with E-state index in [1.54, 1.807) is 35.6 Å². The Kier molecular flexibility index (Phi) is 8.64. The number of carbonyl (C=O) groups excluding carboxylic acids is 1. The lowest BCUT2D eigenvalue weighted by molar-refractivity contribution is 0.102. The van der Waals surface area contributed by atoms with E-state index in [9.17, 15) is 13.2 Å². The summed E-state index contributed by atoms with van der Waals surface area (Å²) in [5.41, 5.74) is 5.62. The van der Waals surface area contributed by atoms with E-state index in [0.29, 0.717) is 49.9 Å². The van der Waals surface area contributed by atoms with E-state index in [1.165, 1.54) is 0 Å². The fourth-order valence-corrected chi connectivity index (χ4v) is 5.30. The number of aryl methyl sites for hydroxylation is 1. The van der Waals surface area contributed by atoms with Gasteiger partial charge in [-0.05, 0) is 60.5 Å². The fourth-order valence-electron chi connectivity index (χ4n) is 4.58. The second kappa shape index (κ2) is 12.5. The van der Waals surface area contributed by atoms with Crippen LogP contribution >= 0.6 is 0 Å². The molecular formula is C29H31N7O4S. The summed E-state index contributed by atoms with van der Waals surface area (Å²) >= 11 is 0. The van der Waals surface area contributed by atoms with Crippen LogP contribution in [0.4, 0.5) is 17.3 Å². The molecule has 0 aliphatic carbocycles. The van der Waals surface area contributed by atoms with Gasteiger partial charge in [-0.25, -0.2) is 9.97 Å². The van der Waals surface area contributed by atoms with Gasteiger partial charge in [0.15, 0.2) is 0 Å². The van der Waals surface area contributed by atoms with Crippen LogP contribution in [0.15, 0.2) is 79.3 Å². The van der Waals surface area contributed by atoms with Gasteiger partial charge in [0, 0.05) is 73.8 Å². The molecular weight excluding hydrogens is 542 g/mol. The minimum Gasteiger partial charge on any atom is -0.324 e. The molecule has 0 bridgehead atoms. The van der Waals surface area contributed by atoms with Gasteiger partial charge in [-0.15, -0.1) is 0 Å². The molecule has 1 fully saturated rings. The zero-order valence-electron chi connectivity index (χ0n) is 22.6. The van der Waals surface area contributed by atoms with E-state index in [4.69, 9.17) is 4.55 Å². The monoisotopic (exact) mass is 573 g/mol. The Hall–Kier alpha value is -4.23. The second-order valence-electron chi connectivity index (χ2n) is 9.92. The molecule has 1 aliphatic rings. The van der Waals surface area contributed by atoms with Gasteiger partial charge >= 0.3 is 0 Å². The zero-order chi connectivity index (χ0) is 28.8. The third kappa shape index (κ3) is 7.92. The largest absolute Gasteiger partial charge is 0.324 e. The molecule has 212 valence electrons. The van der Waals surface area contributed by atoms with E-state index in [-0.39, 0.29) is 11.8 Å². The van der Waals surface area contributed by atoms with Crippen molar-refractivity contribution in [2.75, 3.05) is 42.7 Å². The molecule has 5 rings (SSSR count). The maximum absolute atomic E-state index is 13.0. The summed E-state index contributed by atoms with van der Waals surface area (Å²) in [4.78, 5) is 30.0. The molecule has 1 saturated heterocycles. The fraction of sp³-hybridized carbons (Fsp3) is 0.241. The lowest BCUT2D eigenvalue weighted by Gasteiger charge is -2.33. The number of piperazine rings is 1. The first-order valence-electron chi connectivity index (χ1n) is 13.1. The zero-order valence-corrected chi connectivity index (χ0v) is 23.4. The summed E-state index contributed by atoms with van der Waals surface area (Å²) in [5.74, 6) is -0.121. The van der Waals surface area contributed by atoms with E-state index < -0.39 is 10.1 Å². The van der Waals surface area contributed by atoms with Gasteiger partial charge in [-0.3, -0.25) is 24.1 Å². The van der Waals surface area contributed by atoms with Gasteiger partial charge in [-0.2, -0.15) is 8.42 Å². The molecule has 0 radical (unpaired) electrons. The summed E-state index contributed by atoms with van der Waals surface area (Å²) in [6.45, 7) is 5.18. The van der Waals surface area contributed by atoms with Crippen molar-refractivity contribution in [1.29, 1.82) is 0 Å². The number of carbonyl (C=O) groups is 1. The Morgan fingerprint density at radius 3 is 2.44 bits per heavy atom. The molecule has 1 amide bonds. The lowest BCUT2D eigenvalue weighted by Crippen LogP contribution is -2.47. The van der Waals surface area contributed by atoms with Crippen LogP contribution in [0.5, 0.6) is 0 Å². The van der Waals surface area contributed by atoms with Crippen LogP contribution in [0.2, 0.25) is 0 Å². The van der Waals surface area contributed by atoms with Crippen LogP contribution in [0.25, 0.3) is 11.3 Å². The highest BCUT2D eigenvalue weighted by Gasteiger charge is 2.20. The molecule has 4 aromatic rings. The number of nitrogens with zero attached hydrogens (tertiary/aromatic N) is 5. The molecule has 3 N–H and O–H groups in total. The molecule has 0 spiro atoms. The number of benzene rings is 2. The Bertz CT molecular complexity index is 1610. The van der Waals surface area contributed by atoms with Gasteiger partial charge in [0.1, 0.15) is 5.88 Å². The Morgan fingerprint density at radius 2 is 1.73 bits per heavy atom.